The Morgan fingerprint density at radius 2 is 1.72 bits per heavy atom. The summed E-state index contributed by atoms with van der Waals surface area (Å²) in [7, 11) is -3.73. The van der Waals surface area contributed by atoms with Gasteiger partial charge in [0, 0.05) is 12.2 Å². The first-order valence-corrected chi connectivity index (χ1v) is 9.62. The molecule has 0 aliphatic heterocycles. The fourth-order valence-electron chi connectivity index (χ4n) is 2.57. The minimum Gasteiger partial charge on any atom is -0.325 e. The molecule has 2 aromatic rings. The molecule has 0 unspecified atom stereocenters. The summed E-state index contributed by atoms with van der Waals surface area (Å²) in [5.74, 6) is -0.360. The summed E-state index contributed by atoms with van der Waals surface area (Å²) in [4.78, 5) is 12.6. The number of carbonyl (C=O) groups is 1. The highest BCUT2D eigenvalue weighted by Crippen LogP contribution is 2.21. The monoisotopic (exact) mass is 360 g/mol. The van der Waals surface area contributed by atoms with Gasteiger partial charge in [-0.3, -0.25) is 4.79 Å². The van der Waals surface area contributed by atoms with Gasteiger partial charge < -0.3 is 5.32 Å². The fraction of sp³-hybridized carbons (Fsp3) is 0.316. The van der Waals surface area contributed by atoms with E-state index >= 15 is 0 Å². The van der Waals surface area contributed by atoms with E-state index < -0.39 is 10.0 Å². The number of nitrogens with one attached hydrogen (secondary N) is 1. The van der Waals surface area contributed by atoms with E-state index in [-0.39, 0.29) is 23.9 Å². The van der Waals surface area contributed by atoms with Gasteiger partial charge >= 0.3 is 0 Å². The second-order valence-corrected chi connectivity index (χ2v) is 8.02. The minimum absolute atomic E-state index is 0.219. The number of likely N-dealkylation sites (N-methyl/N-ethyl adjacent to an activating group) is 1. The van der Waals surface area contributed by atoms with Crippen LogP contribution in [0.5, 0.6) is 0 Å². The predicted molar refractivity (Wildman–Crippen MR) is 100 cm³/mol. The van der Waals surface area contributed by atoms with E-state index in [9.17, 15) is 13.2 Å². The third-order valence-corrected chi connectivity index (χ3v) is 6.00. The van der Waals surface area contributed by atoms with E-state index in [1.807, 2.05) is 38.1 Å². The number of nitrogens with zero attached hydrogens (tertiary/aromatic N) is 1. The van der Waals surface area contributed by atoms with Crippen molar-refractivity contribution in [3.05, 3.63) is 59.2 Å². The van der Waals surface area contributed by atoms with Crippen molar-refractivity contribution in [2.75, 3.05) is 18.4 Å². The number of anilines is 1. The van der Waals surface area contributed by atoms with Gasteiger partial charge in [0.2, 0.25) is 15.9 Å². The standard InChI is InChI=1S/C19H24N2O3S/c1-5-21(13-19(22)20-17-8-6-7-14(2)11-17)25(23,24)18-12-15(3)9-10-16(18)4/h6-12H,5,13H2,1-4H3,(H,20,22). The molecule has 0 radical (unpaired) electrons. The van der Waals surface area contributed by atoms with Gasteiger partial charge in [0.05, 0.1) is 11.4 Å². The fourth-order valence-corrected chi connectivity index (χ4v) is 4.29. The van der Waals surface area contributed by atoms with Gasteiger partial charge in [0.15, 0.2) is 0 Å². The molecule has 0 aliphatic carbocycles. The zero-order valence-electron chi connectivity index (χ0n) is 15.0. The van der Waals surface area contributed by atoms with Crippen LogP contribution in [0, 0.1) is 20.8 Å². The summed E-state index contributed by atoms with van der Waals surface area (Å²) in [6, 6.07) is 12.7. The Bertz CT molecular complexity index is 876. The van der Waals surface area contributed by atoms with Crippen molar-refractivity contribution in [1.29, 1.82) is 0 Å². The van der Waals surface area contributed by atoms with Crippen LogP contribution in [0.15, 0.2) is 47.4 Å². The maximum absolute atomic E-state index is 12.9. The molecule has 2 aromatic carbocycles. The zero-order valence-corrected chi connectivity index (χ0v) is 15.9. The van der Waals surface area contributed by atoms with Gasteiger partial charge in [-0.05, 0) is 55.7 Å². The topological polar surface area (TPSA) is 66.5 Å². The maximum Gasteiger partial charge on any atom is 0.243 e. The summed E-state index contributed by atoms with van der Waals surface area (Å²) in [5.41, 5.74) is 3.21. The molecule has 0 fully saturated rings. The number of carbonyl (C=O) groups excluding carboxylic acids is 1. The van der Waals surface area contributed by atoms with E-state index in [4.69, 9.17) is 0 Å². The Kier molecular flexibility index (Phi) is 5.98. The summed E-state index contributed by atoms with van der Waals surface area (Å²) in [6.07, 6.45) is 0. The Labute approximate surface area is 149 Å². The van der Waals surface area contributed by atoms with Crippen LogP contribution >= 0.6 is 0 Å². The molecular weight excluding hydrogens is 336 g/mol. The average molecular weight is 360 g/mol. The molecule has 0 spiro atoms. The molecule has 1 N–H and O–H groups in total. The number of benzene rings is 2. The van der Waals surface area contributed by atoms with Crippen molar-refractivity contribution in [2.24, 2.45) is 0 Å². The van der Waals surface area contributed by atoms with Gasteiger partial charge in [-0.25, -0.2) is 8.42 Å². The van der Waals surface area contributed by atoms with Crippen molar-refractivity contribution in [3.8, 4) is 0 Å². The molecule has 134 valence electrons. The van der Waals surface area contributed by atoms with E-state index in [0.29, 0.717) is 11.3 Å². The lowest BCUT2D eigenvalue weighted by atomic mass is 10.2. The normalized spacial score (nSPS) is 11.6. The Hall–Kier alpha value is -2.18. The SMILES string of the molecule is CCN(CC(=O)Nc1cccc(C)c1)S(=O)(=O)c1cc(C)ccc1C. The zero-order chi connectivity index (χ0) is 18.6. The summed E-state index contributed by atoms with van der Waals surface area (Å²) in [5, 5.41) is 2.75. The number of hydrogen-bond acceptors (Lipinski definition) is 3. The molecule has 2 rings (SSSR count). The lowest BCUT2D eigenvalue weighted by Crippen LogP contribution is -2.38. The molecular formula is C19H24N2O3S. The second-order valence-electron chi connectivity index (χ2n) is 6.12. The first kappa shape index (κ1) is 19.1. The molecule has 25 heavy (non-hydrogen) atoms. The Balaban J connectivity index is 2.20. The summed E-state index contributed by atoms with van der Waals surface area (Å²) < 4.78 is 27.0. The molecule has 0 aromatic heterocycles. The van der Waals surface area contributed by atoms with Crippen LogP contribution in [-0.4, -0.2) is 31.7 Å². The number of sulfonamides is 1. The molecule has 0 aliphatic rings. The van der Waals surface area contributed by atoms with Crippen molar-refractivity contribution < 1.29 is 13.2 Å². The molecule has 0 bridgehead atoms. The van der Waals surface area contributed by atoms with Crippen molar-refractivity contribution in [3.63, 3.8) is 0 Å². The van der Waals surface area contributed by atoms with Crippen LogP contribution in [0.2, 0.25) is 0 Å². The molecule has 0 saturated heterocycles. The van der Waals surface area contributed by atoms with Crippen LogP contribution in [-0.2, 0) is 14.8 Å². The van der Waals surface area contributed by atoms with E-state index in [0.717, 1.165) is 11.1 Å². The third-order valence-electron chi connectivity index (χ3n) is 3.94. The van der Waals surface area contributed by atoms with Gasteiger partial charge in [-0.15, -0.1) is 0 Å². The molecule has 1 amide bonds. The lowest BCUT2D eigenvalue weighted by molar-refractivity contribution is -0.116. The third kappa shape index (κ3) is 4.67. The smallest absolute Gasteiger partial charge is 0.243 e. The molecule has 0 heterocycles. The first-order valence-electron chi connectivity index (χ1n) is 8.18. The van der Waals surface area contributed by atoms with E-state index in [1.54, 1.807) is 32.0 Å². The Morgan fingerprint density at radius 3 is 2.36 bits per heavy atom. The quantitative estimate of drug-likeness (QED) is 0.860. The highest BCUT2D eigenvalue weighted by Gasteiger charge is 2.26. The van der Waals surface area contributed by atoms with Gasteiger partial charge in [0.25, 0.3) is 0 Å². The molecule has 6 heteroatoms. The average Bonchev–Trinajstić information content (AvgIpc) is 2.54. The van der Waals surface area contributed by atoms with Crippen LogP contribution in [0.3, 0.4) is 0 Å². The molecule has 5 nitrogen and oxygen atoms in total. The number of rotatable bonds is 6. The number of hydrogen-bond donors (Lipinski definition) is 1. The van der Waals surface area contributed by atoms with Gasteiger partial charge in [-0.2, -0.15) is 4.31 Å². The highest BCUT2D eigenvalue weighted by atomic mass is 32.2. The molecule has 0 atom stereocenters. The van der Waals surface area contributed by atoms with Crippen LogP contribution in [0.4, 0.5) is 5.69 Å². The van der Waals surface area contributed by atoms with Crippen LogP contribution in [0.25, 0.3) is 0 Å². The van der Waals surface area contributed by atoms with E-state index in [1.165, 1.54) is 4.31 Å². The number of amides is 1. The highest BCUT2D eigenvalue weighted by molar-refractivity contribution is 7.89. The van der Waals surface area contributed by atoms with Crippen molar-refractivity contribution >= 4 is 21.6 Å². The number of aryl methyl sites for hydroxylation is 3. The maximum atomic E-state index is 12.9. The van der Waals surface area contributed by atoms with Crippen molar-refractivity contribution in [1.82, 2.24) is 4.31 Å². The van der Waals surface area contributed by atoms with Gasteiger partial charge in [-0.1, -0.05) is 31.2 Å². The lowest BCUT2D eigenvalue weighted by Gasteiger charge is -2.21. The first-order chi connectivity index (χ1) is 11.7. The minimum atomic E-state index is -3.73. The summed E-state index contributed by atoms with van der Waals surface area (Å²) in [6.45, 7) is 7.25. The van der Waals surface area contributed by atoms with Crippen LogP contribution < -0.4 is 5.32 Å². The summed E-state index contributed by atoms with van der Waals surface area (Å²) >= 11 is 0. The van der Waals surface area contributed by atoms with Crippen molar-refractivity contribution in [2.45, 2.75) is 32.6 Å². The second kappa shape index (κ2) is 7.80. The molecule has 0 saturated carbocycles. The van der Waals surface area contributed by atoms with E-state index in [2.05, 4.69) is 5.32 Å². The predicted octanol–water partition coefficient (Wildman–Crippen LogP) is 3.26. The largest absolute Gasteiger partial charge is 0.325 e. The Morgan fingerprint density at radius 1 is 1.04 bits per heavy atom. The van der Waals surface area contributed by atoms with Crippen LogP contribution in [0.1, 0.15) is 23.6 Å². The van der Waals surface area contributed by atoms with Gasteiger partial charge in [0.1, 0.15) is 0 Å².